The highest BCUT2D eigenvalue weighted by Gasteiger charge is 2.37. The first-order valence-electron chi connectivity index (χ1n) is 18.5. The number of ether oxygens (including phenoxy) is 1. The number of rotatable bonds is 11. The number of hydrogen-bond acceptors (Lipinski definition) is 6. The van der Waals surface area contributed by atoms with Gasteiger partial charge in [-0.05, 0) is 144 Å². The maximum Gasteiger partial charge on any atom is 0.485 e. The van der Waals surface area contributed by atoms with Crippen molar-refractivity contribution in [1.29, 1.82) is 0 Å². The molecular weight excluding hydrogens is 918 g/mol. The van der Waals surface area contributed by atoms with Gasteiger partial charge in [0.05, 0.1) is 10.9 Å². The smallest absolute Gasteiger partial charge is 0.485 e. The SMILES string of the molecule is Brc1ccc(Oc2ccc([S+](c3ccc(Sc4ccc(-c5ccccc5)cc4)cc3)c3ccc(Sc4ccc(-c5ccccc5)cc4)cc3)cc2)cc1.O=S(=O)([O-])C(F)(F)F. The highest BCUT2D eigenvalue weighted by molar-refractivity contribution is 9.10. The molecule has 0 unspecified atom stereocenters. The van der Waals surface area contributed by atoms with E-state index in [0.717, 1.165) is 16.0 Å². The third-order valence-electron chi connectivity index (χ3n) is 8.91. The van der Waals surface area contributed by atoms with E-state index >= 15 is 0 Å². The first-order chi connectivity index (χ1) is 29.4. The highest BCUT2D eigenvalue weighted by atomic mass is 79.9. The minimum Gasteiger partial charge on any atom is -0.741 e. The Balaban J connectivity index is 0.000000639. The van der Waals surface area contributed by atoms with Crippen LogP contribution in [0, 0.1) is 0 Å². The van der Waals surface area contributed by atoms with Gasteiger partial charge in [-0.15, -0.1) is 0 Å². The lowest BCUT2D eigenvalue weighted by Crippen LogP contribution is -2.21. The van der Waals surface area contributed by atoms with Gasteiger partial charge in [0.25, 0.3) is 0 Å². The Kier molecular flexibility index (Phi) is 14.5. The zero-order chi connectivity index (χ0) is 42.8. The van der Waals surface area contributed by atoms with E-state index in [1.807, 2.05) is 24.3 Å². The summed E-state index contributed by atoms with van der Waals surface area (Å²) >= 11 is 7.09. The predicted octanol–water partition coefficient (Wildman–Crippen LogP) is 15.0. The third-order valence-corrected chi connectivity index (χ3v) is 14.3. The lowest BCUT2D eigenvalue weighted by atomic mass is 10.1. The summed E-state index contributed by atoms with van der Waals surface area (Å²) in [5.74, 6) is 1.63. The minimum absolute atomic E-state index is 0.311. The van der Waals surface area contributed by atoms with Crippen LogP contribution in [0.4, 0.5) is 13.2 Å². The molecule has 0 saturated carbocycles. The van der Waals surface area contributed by atoms with Crippen molar-refractivity contribution in [2.75, 3.05) is 0 Å². The zero-order valence-corrected chi connectivity index (χ0v) is 36.8. The average molecular weight is 952 g/mol. The molecule has 0 amide bonds. The van der Waals surface area contributed by atoms with Gasteiger partial charge < -0.3 is 9.29 Å². The summed E-state index contributed by atoms with van der Waals surface area (Å²) < 4.78 is 66.1. The van der Waals surface area contributed by atoms with Crippen LogP contribution in [0.5, 0.6) is 11.5 Å². The van der Waals surface area contributed by atoms with E-state index in [2.05, 4.69) is 198 Å². The van der Waals surface area contributed by atoms with E-state index in [1.165, 1.54) is 56.5 Å². The van der Waals surface area contributed by atoms with E-state index in [0.29, 0.717) is 0 Å². The van der Waals surface area contributed by atoms with Gasteiger partial charge in [-0.25, -0.2) is 8.42 Å². The van der Waals surface area contributed by atoms with Gasteiger partial charge in [-0.3, -0.25) is 0 Å². The molecule has 8 rings (SSSR count). The molecule has 0 N–H and O–H groups in total. The molecule has 8 aromatic rings. The molecule has 0 aliphatic rings. The molecule has 0 aromatic heterocycles. The number of benzene rings is 8. The van der Waals surface area contributed by atoms with Crippen LogP contribution in [-0.4, -0.2) is 18.5 Å². The summed E-state index contributed by atoms with van der Waals surface area (Å²) in [5.41, 5.74) is -0.719. The van der Waals surface area contributed by atoms with Crippen LogP contribution >= 0.6 is 39.5 Å². The largest absolute Gasteiger partial charge is 0.741 e. The molecule has 0 spiro atoms. The van der Waals surface area contributed by atoms with Crippen LogP contribution in [0.25, 0.3) is 22.3 Å². The van der Waals surface area contributed by atoms with Crippen molar-refractivity contribution in [3.8, 4) is 33.8 Å². The second-order valence-corrected chi connectivity index (χ2v) is 19.8. The quantitative estimate of drug-likeness (QED) is 0.0731. The first-order valence-corrected chi connectivity index (χ1v) is 23.6. The van der Waals surface area contributed by atoms with E-state index in [9.17, 15) is 13.2 Å². The maximum atomic E-state index is 10.7. The van der Waals surface area contributed by atoms with Crippen molar-refractivity contribution in [3.63, 3.8) is 0 Å². The van der Waals surface area contributed by atoms with Gasteiger partial charge in [-0.2, -0.15) is 13.2 Å². The molecule has 0 heterocycles. The van der Waals surface area contributed by atoms with Crippen LogP contribution < -0.4 is 4.74 Å². The van der Waals surface area contributed by atoms with Crippen molar-refractivity contribution in [1.82, 2.24) is 0 Å². The zero-order valence-electron chi connectivity index (χ0n) is 31.9. The van der Waals surface area contributed by atoms with E-state index in [1.54, 1.807) is 23.5 Å². The highest BCUT2D eigenvalue weighted by Crippen LogP contribution is 2.38. The fourth-order valence-corrected chi connectivity index (χ4v) is 9.88. The van der Waals surface area contributed by atoms with Gasteiger partial charge in [-0.1, -0.05) is 124 Å². The normalized spacial score (nSPS) is 11.4. The summed E-state index contributed by atoms with van der Waals surface area (Å²) in [6.45, 7) is 0. The standard InChI is InChI=1S/C48H34BrOS3.CHF3O3S/c49-39-15-17-40(18-16-39)50-41-19-29-46(30-20-41)53(47-31-25-44(26-32-47)51-42-21-11-37(12-22-42)35-7-3-1-4-8-35)48-33-27-45(28-34-48)52-43-23-13-38(14-24-43)36-9-5-2-6-10-36;2-1(3,4)8(5,6)7/h1-34H;(H,5,6,7)/q+1;/p-1. The van der Waals surface area contributed by atoms with E-state index < -0.39 is 15.6 Å². The lowest BCUT2D eigenvalue weighted by molar-refractivity contribution is -0.0517. The van der Waals surface area contributed by atoms with Crippen LogP contribution in [0.1, 0.15) is 0 Å². The molecular formula is C49H34BrF3O4S4. The molecule has 0 radical (unpaired) electrons. The van der Waals surface area contributed by atoms with E-state index in [4.69, 9.17) is 17.7 Å². The Morgan fingerprint density at radius 2 is 0.721 bits per heavy atom. The first kappa shape index (κ1) is 43.9. The summed E-state index contributed by atoms with van der Waals surface area (Å²) in [7, 11) is -6.40. The van der Waals surface area contributed by atoms with Crippen molar-refractivity contribution >= 4 is 60.5 Å². The van der Waals surface area contributed by atoms with Crippen molar-refractivity contribution in [2.45, 2.75) is 39.8 Å². The molecule has 0 atom stereocenters. The second-order valence-electron chi connectivity index (χ2n) is 13.2. The molecule has 12 heteroatoms. The number of alkyl halides is 3. The van der Waals surface area contributed by atoms with Crippen molar-refractivity contribution in [2.24, 2.45) is 0 Å². The second kappa shape index (κ2) is 20.1. The van der Waals surface area contributed by atoms with Crippen LogP contribution in [0.15, 0.2) is 245 Å². The fourth-order valence-electron chi connectivity index (χ4n) is 5.94. The Hall–Kier alpha value is -5.21. The average Bonchev–Trinajstić information content (AvgIpc) is 3.27. The van der Waals surface area contributed by atoms with Gasteiger partial charge >= 0.3 is 5.51 Å². The van der Waals surface area contributed by atoms with Gasteiger partial charge in [0, 0.05) is 24.1 Å². The van der Waals surface area contributed by atoms with Crippen LogP contribution in [0.2, 0.25) is 0 Å². The van der Waals surface area contributed by atoms with Crippen molar-refractivity contribution in [3.05, 3.63) is 211 Å². The van der Waals surface area contributed by atoms with Gasteiger partial charge in [0.15, 0.2) is 24.8 Å². The summed E-state index contributed by atoms with van der Waals surface area (Å²) in [4.78, 5) is 8.66. The molecule has 4 nitrogen and oxygen atoms in total. The van der Waals surface area contributed by atoms with Crippen LogP contribution in [-0.2, 0) is 21.0 Å². The fraction of sp³-hybridized carbons (Fsp3) is 0.0204. The molecule has 8 aromatic carbocycles. The Morgan fingerprint density at radius 3 is 1.05 bits per heavy atom. The number of halogens is 4. The van der Waals surface area contributed by atoms with E-state index in [-0.39, 0.29) is 10.9 Å². The molecule has 0 aliphatic carbocycles. The van der Waals surface area contributed by atoms with Gasteiger partial charge in [0.1, 0.15) is 11.5 Å². The van der Waals surface area contributed by atoms with Crippen LogP contribution in [0.3, 0.4) is 0 Å². The Labute approximate surface area is 373 Å². The molecule has 0 aliphatic heterocycles. The minimum atomic E-state index is -6.09. The lowest BCUT2D eigenvalue weighted by Gasteiger charge is -2.11. The molecule has 306 valence electrons. The molecule has 0 bridgehead atoms. The molecule has 0 fully saturated rings. The number of hydrogen-bond donors (Lipinski definition) is 0. The molecule has 61 heavy (non-hydrogen) atoms. The van der Waals surface area contributed by atoms with Gasteiger partial charge in [0.2, 0.25) is 0 Å². The summed E-state index contributed by atoms with van der Waals surface area (Å²) in [5, 5.41) is 0. The van der Waals surface area contributed by atoms with Crippen molar-refractivity contribution < 1.29 is 30.9 Å². The summed E-state index contributed by atoms with van der Waals surface area (Å²) in [6, 6.07) is 73.3. The monoisotopic (exact) mass is 950 g/mol. The predicted molar refractivity (Wildman–Crippen MR) is 243 cm³/mol. The topological polar surface area (TPSA) is 66.4 Å². The Bertz CT molecular complexity index is 2610. The Morgan fingerprint density at radius 1 is 0.443 bits per heavy atom. The maximum absolute atomic E-state index is 10.7. The summed E-state index contributed by atoms with van der Waals surface area (Å²) in [6.07, 6.45) is 0. The third kappa shape index (κ3) is 12.2. The molecule has 0 saturated heterocycles.